The molecular weight excluding hydrogens is 725 g/mol. The number of H-pyrrole nitrogens is 2. The van der Waals surface area contributed by atoms with Crippen LogP contribution < -0.4 is 10.6 Å². The molecule has 14 nitrogen and oxygen atoms in total. The molecule has 3 saturated carbocycles. The molecule has 57 heavy (non-hydrogen) atoms. The first-order valence-electron chi connectivity index (χ1n) is 20.9. The lowest BCUT2D eigenvalue weighted by Gasteiger charge is -2.53. The fourth-order valence-electron chi connectivity index (χ4n) is 10.1. The van der Waals surface area contributed by atoms with E-state index in [0.717, 1.165) is 87.1 Å². The largest absolute Gasteiger partial charge is 0.453 e. The van der Waals surface area contributed by atoms with Gasteiger partial charge in [0.15, 0.2) is 0 Å². The number of carbonyl (C=O) groups excluding carboxylic acids is 4. The Morgan fingerprint density at radius 2 is 1.30 bits per heavy atom. The van der Waals surface area contributed by atoms with E-state index < -0.39 is 24.3 Å². The number of nitrogens with zero attached hydrogens (tertiary/aromatic N) is 4. The number of aromatic nitrogens is 4. The summed E-state index contributed by atoms with van der Waals surface area (Å²) in [6.07, 6.45) is 13.1. The average Bonchev–Trinajstić information content (AvgIpc) is 4.06. The lowest BCUT2D eigenvalue weighted by molar-refractivity contribution is -0.136. The number of hydrogen-bond acceptors (Lipinski definition) is 8. The van der Waals surface area contributed by atoms with Crippen molar-refractivity contribution in [1.29, 1.82) is 0 Å². The zero-order valence-corrected chi connectivity index (χ0v) is 34.4. The molecule has 0 radical (unpaired) electrons. The summed E-state index contributed by atoms with van der Waals surface area (Å²) in [5.41, 5.74) is 4.74. The summed E-state index contributed by atoms with van der Waals surface area (Å²) in [4.78, 5) is 72.0. The molecule has 5 aliphatic rings. The molecular formula is C43H60N8O6. The predicted molar refractivity (Wildman–Crippen MR) is 214 cm³/mol. The molecule has 5 fully saturated rings. The summed E-state index contributed by atoms with van der Waals surface area (Å²) in [6, 6.07) is 7.32. The van der Waals surface area contributed by atoms with Gasteiger partial charge >= 0.3 is 12.2 Å². The van der Waals surface area contributed by atoms with Gasteiger partial charge in [-0.15, -0.1) is 0 Å². The standard InChI is InChI=1S/C43H60N8O6/c1-26(2)23-30(47-40(54)56-5)38(52)50-21-7-9-32(50)36-44-24-31(46-36)28-11-13-29(14-12-28)42-15-18-43(19-16-42,20-17-42)34-25-45-37(48-34)33-10-8-22-51(33)39(53)35(27(3)4)49-41(55)57-6/h11-14,24-27,30,32-33,35H,7-10,15-23H2,1-6H3,(H,44,46)(H,45,48)(H,47,54)(H,49,55)/t30-,32-,33-,35?,42?,43?/m0/s1. The number of nitrogens with one attached hydrogen (secondary N) is 4. The van der Waals surface area contributed by atoms with E-state index >= 15 is 0 Å². The molecule has 4 atom stereocenters. The third-order valence-electron chi connectivity index (χ3n) is 13.4. The number of likely N-dealkylation sites (tertiary alicyclic amines) is 2. The van der Waals surface area contributed by atoms with Gasteiger partial charge in [0, 0.05) is 30.4 Å². The first kappa shape index (κ1) is 40.3. The average molecular weight is 785 g/mol. The lowest BCUT2D eigenvalue weighted by atomic mass is 9.51. The monoisotopic (exact) mass is 784 g/mol. The smallest absolute Gasteiger partial charge is 0.407 e. The number of benzene rings is 1. The molecule has 1 aromatic carbocycles. The number of ether oxygens (including phenoxy) is 2. The highest BCUT2D eigenvalue weighted by Gasteiger charge is 2.51. The number of carbonyl (C=O) groups is 4. The van der Waals surface area contributed by atoms with Crippen LogP contribution >= 0.6 is 0 Å². The van der Waals surface area contributed by atoms with Crippen molar-refractivity contribution in [2.24, 2.45) is 11.8 Å². The number of hydrogen-bond donors (Lipinski definition) is 4. The van der Waals surface area contributed by atoms with E-state index in [2.05, 4.69) is 44.9 Å². The van der Waals surface area contributed by atoms with Gasteiger partial charge in [0.25, 0.3) is 0 Å². The number of methoxy groups -OCH3 is 2. The summed E-state index contributed by atoms with van der Waals surface area (Å²) < 4.78 is 9.60. The van der Waals surface area contributed by atoms with E-state index in [1.807, 2.05) is 49.9 Å². The lowest BCUT2D eigenvalue weighted by Crippen LogP contribution is -2.51. The molecule has 0 spiro atoms. The second kappa shape index (κ2) is 16.5. The summed E-state index contributed by atoms with van der Waals surface area (Å²) in [6.45, 7) is 9.18. The second-order valence-corrected chi connectivity index (χ2v) is 17.6. The minimum Gasteiger partial charge on any atom is -0.453 e. The number of alkyl carbamates (subject to hydrolysis) is 2. The van der Waals surface area contributed by atoms with E-state index in [1.165, 1.54) is 25.5 Å². The maximum atomic E-state index is 13.7. The van der Waals surface area contributed by atoms with Gasteiger partial charge in [0.2, 0.25) is 11.8 Å². The zero-order valence-electron chi connectivity index (χ0n) is 34.4. The summed E-state index contributed by atoms with van der Waals surface area (Å²) in [5, 5.41) is 5.48. The van der Waals surface area contributed by atoms with Gasteiger partial charge in [-0.2, -0.15) is 0 Å². The van der Waals surface area contributed by atoms with Gasteiger partial charge < -0.3 is 39.9 Å². The van der Waals surface area contributed by atoms with Gasteiger partial charge in [-0.05, 0) is 99.0 Å². The van der Waals surface area contributed by atoms with Crippen LogP contribution in [0.4, 0.5) is 9.59 Å². The number of imidazole rings is 2. The molecule has 4 N–H and O–H groups in total. The molecule has 308 valence electrons. The first-order valence-corrected chi connectivity index (χ1v) is 20.9. The van der Waals surface area contributed by atoms with Gasteiger partial charge in [-0.1, -0.05) is 52.0 Å². The Labute approximate surface area is 335 Å². The highest BCUT2D eigenvalue weighted by atomic mass is 16.5. The SMILES string of the molecule is COC(=O)NC(C(=O)N1CCC[C@H]1c1ncc(C23CCC(c4ccc(-c5cnc([C@@H]6CCCN6C(=O)[C@H](CC(C)C)NC(=O)OC)[nH]5)cc4)(CC2)CC3)[nH]1)C(C)C. The molecule has 8 rings (SSSR count). The normalized spacial score (nSPS) is 25.5. The van der Waals surface area contributed by atoms with Crippen molar-refractivity contribution in [3.8, 4) is 11.3 Å². The Morgan fingerprint density at radius 1 is 0.754 bits per heavy atom. The molecule has 14 heteroatoms. The Hall–Kier alpha value is -4.88. The van der Waals surface area contributed by atoms with Crippen LogP contribution in [0.1, 0.15) is 133 Å². The van der Waals surface area contributed by atoms with Crippen molar-refractivity contribution in [1.82, 2.24) is 40.4 Å². The predicted octanol–water partition coefficient (Wildman–Crippen LogP) is 6.82. The Kier molecular flexibility index (Phi) is 11.7. The number of amides is 4. The van der Waals surface area contributed by atoms with Crippen LogP contribution in [0.15, 0.2) is 36.7 Å². The molecule has 3 aromatic rings. The Morgan fingerprint density at radius 3 is 1.88 bits per heavy atom. The third-order valence-corrected chi connectivity index (χ3v) is 13.4. The minimum atomic E-state index is -0.659. The summed E-state index contributed by atoms with van der Waals surface area (Å²) >= 11 is 0. The number of rotatable bonds is 12. The highest BCUT2D eigenvalue weighted by Crippen LogP contribution is 2.58. The minimum absolute atomic E-state index is 0.0549. The first-order chi connectivity index (χ1) is 27.4. The molecule has 4 amide bonds. The van der Waals surface area contributed by atoms with Crippen molar-refractivity contribution >= 4 is 24.0 Å². The van der Waals surface area contributed by atoms with Crippen molar-refractivity contribution in [3.63, 3.8) is 0 Å². The van der Waals surface area contributed by atoms with Gasteiger partial charge in [-0.25, -0.2) is 19.6 Å². The molecule has 3 aliphatic carbocycles. The summed E-state index contributed by atoms with van der Waals surface area (Å²) in [7, 11) is 2.62. The van der Waals surface area contributed by atoms with Crippen LogP contribution in [0, 0.1) is 11.8 Å². The van der Waals surface area contributed by atoms with Crippen molar-refractivity contribution in [2.45, 2.75) is 133 Å². The number of fused-ring (bicyclic) bond motifs is 3. The third kappa shape index (κ3) is 8.01. The van der Waals surface area contributed by atoms with Crippen molar-refractivity contribution in [3.05, 3.63) is 59.6 Å². The fourth-order valence-corrected chi connectivity index (χ4v) is 10.1. The number of aromatic amines is 2. The van der Waals surface area contributed by atoms with E-state index in [0.29, 0.717) is 19.5 Å². The Bertz CT molecular complexity index is 1890. The topological polar surface area (TPSA) is 175 Å². The van der Waals surface area contributed by atoms with E-state index in [4.69, 9.17) is 19.4 Å². The highest BCUT2D eigenvalue weighted by molar-refractivity contribution is 5.87. The van der Waals surface area contributed by atoms with Gasteiger partial charge in [0.1, 0.15) is 23.7 Å². The van der Waals surface area contributed by atoms with Crippen molar-refractivity contribution < 1.29 is 28.7 Å². The maximum absolute atomic E-state index is 13.7. The Balaban J connectivity index is 0.992. The van der Waals surface area contributed by atoms with Crippen LogP contribution in [0.25, 0.3) is 11.3 Å². The van der Waals surface area contributed by atoms with E-state index in [1.54, 1.807) is 0 Å². The second-order valence-electron chi connectivity index (χ2n) is 17.6. The van der Waals surface area contributed by atoms with Crippen LogP contribution in [0.5, 0.6) is 0 Å². The van der Waals surface area contributed by atoms with Crippen LogP contribution in [-0.4, -0.2) is 93.1 Å². The van der Waals surface area contributed by atoms with E-state index in [9.17, 15) is 19.2 Å². The molecule has 4 heterocycles. The van der Waals surface area contributed by atoms with Crippen molar-refractivity contribution in [2.75, 3.05) is 27.3 Å². The molecule has 2 bridgehead atoms. The van der Waals surface area contributed by atoms with Gasteiger partial charge in [-0.3, -0.25) is 9.59 Å². The summed E-state index contributed by atoms with van der Waals surface area (Å²) in [5.74, 6) is 1.54. The van der Waals surface area contributed by atoms with E-state index in [-0.39, 0.29) is 46.6 Å². The van der Waals surface area contributed by atoms with Crippen LogP contribution in [0.2, 0.25) is 0 Å². The molecule has 2 saturated heterocycles. The van der Waals surface area contributed by atoms with Gasteiger partial charge in [0.05, 0.1) is 38.2 Å². The zero-order chi connectivity index (χ0) is 40.5. The molecule has 1 unspecified atom stereocenters. The maximum Gasteiger partial charge on any atom is 0.407 e. The fraction of sp³-hybridized carbons (Fsp3) is 0.628. The quantitative estimate of drug-likeness (QED) is 0.155. The van der Waals surface area contributed by atoms with Crippen LogP contribution in [-0.2, 0) is 29.9 Å². The van der Waals surface area contributed by atoms with Crippen LogP contribution in [0.3, 0.4) is 0 Å². The molecule has 2 aliphatic heterocycles. The molecule has 2 aromatic heterocycles.